The number of carbonyl (C=O) groups excluding carboxylic acids is 1. The van der Waals surface area contributed by atoms with Gasteiger partial charge in [-0.1, -0.05) is 43.2 Å². The topological polar surface area (TPSA) is 98.7 Å². The van der Waals surface area contributed by atoms with Gasteiger partial charge >= 0.3 is 0 Å². The Hall–Kier alpha value is -2.36. The van der Waals surface area contributed by atoms with Crippen LogP contribution in [0.2, 0.25) is 0 Å². The van der Waals surface area contributed by atoms with Gasteiger partial charge in [0.25, 0.3) is 11.9 Å². The molecule has 6 heteroatoms. The van der Waals surface area contributed by atoms with Gasteiger partial charge in [0.2, 0.25) is 0 Å². The van der Waals surface area contributed by atoms with E-state index < -0.39 is 12.1 Å². The molecule has 0 saturated heterocycles. The quantitative estimate of drug-likeness (QED) is 0.622. The second kappa shape index (κ2) is 16.5. The molecule has 0 bridgehead atoms. The number of aliphatic carboxylic acids is 1. The number of benzene rings is 1. The molecular formula is C19H30N2O4. The van der Waals surface area contributed by atoms with E-state index in [1.54, 1.807) is 7.05 Å². The van der Waals surface area contributed by atoms with Gasteiger partial charge in [-0.3, -0.25) is 9.59 Å². The van der Waals surface area contributed by atoms with Crippen molar-refractivity contribution in [3.8, 4) is 11.8 Å². The summed E-state index contributed by atoms with van der Waals surface area (Å²) in [6, 6.07) is 9.76. The Balaban J connectivity index is 0. The summed E-state index contributed by atoms with van der Waals surface area (Å²) in [5.74, 6) is 4.12. The Labute approximate surface area is 150 Å². The van der Waals surface area contributed by atoms with E-state index in [4.69, 9.17) is 9.90 Å². The van der Waals surface area contributed by atoms with E-state index in [2.05, 4.69) is 22.5 Å². The van der Waals surface area contributed by atoms with Crippen LogP contribution in [0.15, 0.2) is 30.3 Å². The summed E-state index contributed by atoms with van der Waals surface area (Å²) in [5.41, 5.74) is 0.958. The molecule has 0 saturated carbocycles. The van der Waals surface area contributed by atoms with Gasteiger partial charge in [0, 0.05) is 26.4 Å². The number of carbonyl (C=O) groups is 2. The molecule has 1 rings (SSSR count). The summed E-state index contributed by atoms with van der Waals surface area (Å²) in [7, 11) is 3.42. The number of amides is 1. The summed E-state index contributed by atoms with van der Waals surface area (Å²) in [5, 5.41) is 22.6. The number of nitrogens with one attached hydrogen (secondary N) is 2. The van der Waals surface area contributed by atoms with Crippen molar-refractivity contribution < 1.29 is 19.8 Å². The van der Waals surface area contributed by atoms with E-state index >= 15 is 0 Å². The Bertz CT molecular complexity index is 531. The Morgan fingerprint density at radius 1 is 1.20 bits per heavy atom. The molecule has 4 N–H and O–H groups in total. The van der Waals surface area contributed by atoms with Gasteiger partial charge < -0.3 is 20.8 Å². The number of aliphatic hydroxyl groups excluding tert-OH is 1. The first-order valence-corrected chi connectivity index (χ1v) is 8.10. The molecule has 0 aliphatic rings. The monoisotopic (exact) mass is 350 g/mol. The minimum Gasteiger partial charge on any atom is -0.481 e. The number of carboxylic acids is 1. The molecule has 2 unspecified atom stereocenters. The first kappa shape index (κ1) is 24.9. The van der Waals surface area contributed by atoms with E-state index in [0.29, 0.717) is 0 Å². The number of carboxylic acid groups (broad SMARTS) is 1. The SMILES string of the molecule is CC(=O)O.CCCC#CC(=O)NC.CNC(C)C(O)c1ccccc1. The number of hydrogen-bond acceptors (Lipinski definition) is 4. The van der Waals surface area contributed by atoms with Crippen molar-refractivity contribution in [3.63, 3.8) is 0 Å². The van der Waals surface area contributed by atoms with E-state index in [1.165, 1.54) is 0 Å². The average Bonchev–Trinajstić information content (AvgIpc) is 2.61. The van der Waals surface area contributed by atoms with E-state index in [0.717, 1.165) is 25.3 Å². The van der Waals surface area contributed by atoms with Gasteiger partial charge in [-0.15, -0.1) is 0 Å². The maximum Gasteiger partial charge on any atom is 0.300 e. The summed E-state index contributed by atoms with van der Waals surface area (Å²) < 4.78 is 0. The molecule has 0 spiro atoms. The predicted molar refractivity (Wildman–Crippen MR) is 100.0 cm³/mol. The van der Waals surface area contributed by atoms with Crippen molar-refractivity contribution in [3.05, 3.63) is 35.9 Å². The van der Waals surface area contributed by atoms with Crippen molar-refractivity contribution in [2.24, 2.45) is 0 Å². The third-order valence-electron chi connectivity index (χ3n) is 2.87. The fourth-order valence-corrected chi connectivity index (χ4v) is 1.43. The van der Waals surface area contributed by atoms with Crippen molar-refractivity contribution >= 4 is 11.9 Å². The molecule has 1 amide bonds. The van der Waals surface area contributed by atoms with Crippen molar-refractivity contribution in [1.82, 2.24) is 10.6 Å². The number of aliphatic hydroxyl groups is 1. The molecule has 140 valence electrons. The molecule has 0 heterocycles. The van der Waals surface area contributed by atoms with Crippen LogP contribution in [0.1, 0.15) is 45.3 Å². The Morgan fingerprint density at radius 3 is 2.12 bits per heavy atom. The van der Waals surface area contributed by atoms with Gasteiger partial charge in [-0.2, -0.15) is 0 Å². The minimum absolute atomic E-state index is 0.0902. The largest absolute Gasteiger partial charge is 0.481 e. The smallest absolute Gasteiger partial charge is 0.300 e. The number of likely N-dealkylation sites (N-methyl/N-ethyl adjacent to an activating group) is 1. The molecule has 0 aromatic heterocycles. The van der Waals surface area contributed by atoms with Gasteiger partial charge in [0.15, 0.2) is 0 Å². The number of rotatable bonds is 4. The highest BCUT2D eigenvalue weighted by molar-refractivity contribution is 5.93. The summed E-state index contributed by atoms with van der Waals surface area (Å²) >= 11 is 0. The van der Waals surface area contributed by atoms with Crippen molar-refractivity contribution in [1.29, 1.82) is 0 Å². The Morgan fingerprint density at radius 2 is 1.72 bits per heavy atom. The molecule has 6 nitrogen and oxygen atoms in total. The predicted octanol–water partition coefficient (Wildman–Crippen LogP) is 1.95. The summed E-state index contributed by atoms with van der Waals surface area (Å²) in [6.45, 7) is 5.07. The zero-order valence-electron chi connectivity index (χ0n) is 15.7. The highest BCUT2D eigenvalue weighted by Crippen LogP contribution is 2.15. The number of unbranched alkanes of at least 4 members (excludes halogenated alkanes) is 1. The Kier molecular flexibility index (Phi) is 16.4. The maximum atomic E-state index is 10.4. The lowest BCUT2D eigenvalue weighted by molar-refractivity contribution is -0.134. The molecule has 2 atom stereocenters. The summed E-state index contributed by atoms with van der Waals surface area (Å²) in [6.07, 6.45) is 1.38. The highest BCUT2D eigenvalue weighted by Gasteiger charge is 2.12. The van der Waals surface area contributed by atoms with E-state index in [-0.39, 0.29) is 11.9 Å². The normalized spacial score (nSPS) is 11.1. The van der Waals surface area contributed by atoms with Crippen LogP contribution in [0.5, 0.6) is 0 Å². The standard InChI is InChI=1S/C10H15NO.C7H11NO.C2H4O2/c1-8(11-2)10(12)9-6-4-3-5-7-9;1-3-4-5-6-7(9)8-2;1-2(3)4/h3-8,10-12H,1-2H3;3-4H2,1-2H3,(H,8,9);1H3,(H,3,4). The van der Waals surface area contributed by atoms with Crippen LogP contribution >= 0.6 is 0 Å². The molecule has 0 radical (unpaired) electrons. The lowest BCUT2D eigenvalue weighted by Gasteiger charge is -2.17. The van der Waals surface area contributed by atoms with E-state index in [1.807, 2.05) is 51.2 Å². The van der Waals surface area contributed by atoms with E-state index in [9.17, 15) is 9.90 Å². The van der Waals surface area contributed by atoms with Crippen LogP contribution in [0.3, 0.4) is 0 Å². The zero-order valence-corrected chi connectivity index (χ0v) is 15.7. The van der Waals surface area contributed by atoms with Crippen LogP contribution < -0.4 is 10.6 Å². The fraction of sp³-hybridized carbons (Fsp3) is 0.474. The van der Waals surface area contributed by atoms with Crippen LogP contribution in [0, 0.1) is 11.8 Å². The molecule has 0 fully saturated rings. The van der Waals surface area contributed by atoms with Gasteiger partial charge in [0.05, 0.1) is 6.10 Å². The van der Waals surface area contributed by atoms with Crippen molar-refractivity contribution in [2.75, 3.05) is 14.1 Å². The zero-order chi connectivity index (χ0) is 19.7. The molecule has 0 aliphatic heterocycles. The number of hydrogen-bond donors (Lipinski definition) is 4. The highest BCUT2D eigenvalue weighted by atomic mass is 16.4. The van der Waals surface area contributed by atoms with Crippen LogP contribution in [0.4, 0.5) is 0 Å². The van der Waals surface area contributed by atoms with Crippen molar-refractivity contribution in [2.45, 2.75) is 45.8 Å². The first-order valence-electron chi connectivity index (χ1n) is 8.10. The summed E-state index contributed by atoms with van der Waals surface area (Å²) in [4.78, 5) is 19.4. The van der Waals surface area contributed by atoms with Gasteiger partial charge in [-0.05, 0) is 31.9 Å². The lowest BCUT2D eigenvalue weighted by Crippen LogP contribution is -2.28. The van der Waals surface area contributed by atoms with Gasteiger partial charge in [0.1, 0.15) is 0 Å². The molecule has 1 aromatic carbocycles. The second-order valence-corrected chi connectivity index (χ2v) is 5.08. The van der Waals surface area contributed by atoms with Crippen LogP contribution in [-0.4, -0.2) is 42.2 Å². The third-order valence-corrected chi connectivity index (χ3v) is 2.87. The average molecular weight is 350 g/mol. The first-order chi connectivity index (χ1) is 11.8. The molecule has 25 heavy (non-hydrogen) atoms. The molecular weight excluding hydrogens is 320 g/mol. The van der Waals surface area contributed by atoms with Gasteiger partial charge in [-0.25, -0.2) is 0 Å². The lowest BCUT2D eigenvalue weighted by atomic mass is 10.0. The van der Waals surface area contributed by atoms with Crippen LogP contribution in [-0.2, 0) is 9.59 Å². The second-order valence-electron chi connectivity index (χ2n) is 5.08. The third kappa shape index (κ3) is 16.3. The van der Waals surface area contributed by atoms with Crippen LogP contribution in [0.25, 0.3) is 0 Å². The molecule has 0 aliphatic carbocycles. The molecule has 1 aromatic rings. The fourth-order valence-electron chi connectivity index (χ4n) is 1.43. The minimum atomic E-state index is -0.833. The maximum absolute atomic E-state index is 10.4.